The van der Waals surface area contributed by atoms with Crippen LogP contribution in [0.4, 0.5) is 0 Å². The Morgan fingerprint density at radius 1 is 1.33 bits per heavy atom. The molecule has 0 aromatic heterocycles. The van der Waals surface area contributed by atoms with Gasteiger partial charge >= 0.3 is 0 Å². The molecule has 1 aliphatic carbocycles. The van der Waals surface area contributed by atoms with E-state index in [-0.39, 0.29) is 6.10 Å². The van der Waals surface area contributed by atoms with Crippen LogP contribution in [0.3, 0.4) is 0 Å². The topological polar surface area (TPSA) is 44.7 Å². The van der Waals surface area contributed by atoms with Crippen LogP contribution in [0, 0.1) is 5.92 Å². The van der Waals surface area contributed by atoms with E-state index in [1.54, 1.807) is 7.11 Å². The molecule has 0 aliphatic heterocycles. The summed E-state index contributed by atoms with van der Waals surface area (Å²) in [6, 6.07) is 0.634. The highest BCUT2D eigenvalue weighted by molar-refractivity contribution is 4.80. The molecule has 18 heavy (non-hydrogen) atoms. The second-order valence-corrected chi connectivity index (χ2v) is 5.62. The van der Waals surface area contributed by atoms with Crippen molar-refractivity contribution >= 4 is 0 Å². The van der Waals surface area contributed by atoms with E-state index >= 15 is 0 Å². The predicted molar refractivity (Wildman–Crippen MR) is 74.8 cm³/mol. The zero-order chi connectivity index (χ0) is 13.4. The van der Waals surface area contributed by atoms with Crippen molar-refractivity contribution in [3.05, 3.63) is 0 Å². The molecule has 0 radical (unpaired) electrons. The first-order valence-corrected chi connectivity index (χ1v) is 7.20. The lowest BCUT2D eigenvalue weighted by Crippen LogP contribution is -2.42. The van der Waals surface area contributed by atoms with Crippen molar-refractivity contribution in [1.82, 2.24) is 10.2 Å². The molecule has 0 saturated heterocycles. The number of rotatable bonds is 7. The van der Waals surface area contributed by atoms with Crippen LogP contribution in [0.5, 0.6) is 0 Å². The van der Waals surface area contributed by atoms with Crippen molar-refractivity contribution in [2.45, 2.75) is 44.2 Å². The highest BCUT2D eigenvalue weighted by Gasteiger charge is 2.23. The van der Waals surface area contributed by atoms with Gasteiger partial charge in [-0.05, 0) is 32.9 Å². The Hall–Kier alpha value is -0.160. The van der Waals surface area contributed by atoms with Crippen LogP contribution in [-0.2, 0) is 4.74 Å². The summed E-state index contributed by atoms with van der Waals surface area (Å²) in [6.07, 6.45) is 6.27. The molecule has 1 saturated carbocycles. The number of methoxy groups -OCH3 is 1. The Kier molecular flexibility index (Phi) is 7.82. The maximum absolute atomic E-state index is 9.75. The number of likely N-dealkylation sites (N-methyl/N-ethyl adjacent to an activating group) is 1. The molecule has 4 nitrogen and oxygen atoms in total. The molecule has 4 heteroatoms. The number of aliphatic hydroxyl groups excluding tert-OH is 1. The minimum absolute atomic E-state index is 0.376. The molecule has 1 aliphatic rings. The third-order valence-corrected chi connectivity index (χ3v) is 3.96. The van der Waals surface area contributed by atoms with Crippen molar-refractivity contribution < 1.29 is 9.84 Å². The average molecular weight is 258 g/mol. The van der Waals surface area contributed by atoms with Gasteiger partial charge in [-0.1, -0.05) is 19.3 Å². The van der Waals surface area contributed by atoms with Gasteiger partial charge in [0, 0.05) is 26.2 Å². The molecule has 1 rings (SSSR count). The van der Waals surface area contributed by atoms with Gasteiger partial charge in [0.05, 0.1) is 12.7 Å². The van der Waals surface area contributed by atoms with Gasteiger partial charge in [-0.2, -0.15) is 0 Å². The van der Waals surface area contributed by atoms with Crippen molar-refractivity contribution in [2.24, 2.45) is 5.92 Å². The van der Waals surface area contributed by atoms with Gasteiger partial charge in [0.15, 0.2) is 0 Å². The highest BCUT2D eigenvalue weighted by Crippen LogP contribution is 2.24. The fourth-order valence-electron chi connectivity index (χ4n) is 3.06. The molecule has 0 spiro atoms. The highest BCUT2D eigenvalue weighted by atomic mass is 16.5. The van der Waals surface area contributed by atoms with Crippen LogP contribution in [-0.4, -0.2) is 63.1 Å². The zero-order valence-electron chi connectivity index (χ0n) is 12.2. The Balaban J connectivity index is 2.37. The van der Waals surface area contributed by atoms with E-state index < -0.39 is 0 Å². The van der Waals surface area contributed by atoms with Gasteiger partial charge in [0.1, 0.15) is 0 Å². The minimum Gasteiger partial charge on any atom is -0.389 e. The van der Waals surface area contributed by atoms with Gasteiger partial charge in [-0.15, -0.1) is 0 Å². The Morgan fingerprint density at radius 2 is 2.06 bits per heavy atom. The molecule has 0 bridgehead atoms. The molecule has 0 aromatic carbocycles. The van der Waals surface area contributed by atoms with Gasteiger partial charge in [-0.3, -0.25) is 0 Å². The van der Waals surface area contributed by atoms with Gasteiger partial charge in [0.2, 0.25) is 0 Å². The fraction of sp³-hybridized carbons (Fsp3) is 1.00. The molecule has 108 valence electrons. The lowest BCUT2D eigenvalue weighted by molar-refractivity contribution is 0.0388. The van der Waals surface area contributed by atoms with Crippen molar-refractivity contribution in [1.29, 1.82) is 0 Å². The predicted octanol–water partition coefficient (Wildman–Crippen LogP) is 1.09. The molecule has 3 unspecified atom stereocenters. The normalized spacial score (nSPS) is 27.2. The lowest BCUT2D eigenvalue weighted by atomic mass is 9.94. The summed E-state index contributed by atoms with van der Waals surface area (Å²) in [6.45, 7) is 2.18. The number of aliphatic hydroxyl groups is 1. The third kappa shape index (κ3) is 5.65. The van der Waals surface area contributed by atoms with Crippen LogP contribution >= 0.6 is 0 Å². The monoisotopic (exact) mass is 258 g/mol. The van der Waals surface area contributed by atoms with Crippen molar-refractivity contribution in [3.63, 3.8) is 0 Å². The first-order valence-electron chi connectivity index (χ1n) is 7.20. The molecular weight excluding hydrogens is 228 g/mol. The van der Waals surface area contributed by atoms with Crippen molar-refractivity contribution in [2.75, 3.05) is 40.9 Å². The van der Waals surface area contributed by atoms with E-state index in [1.807, 2.05) is 0 Å². The Bertz CT molecular complexity index is 214. The maximum atomic E-state index is 9.75. The molecule has 0 aromatic rings. The first kappa shape index (κ1) is 15.9. The van der Waals surface area contributed by atoms with Crippen LogP contribution < -0.4 is 5.32 Å². The number of ether oxygens (including phenoxy) is 1. The van der Waals surface area contributed by atoms with Crippen LogP contribution in [0.1, 0.15) is 32.1 Å². The summed E-state index contributed by atoms with van der Waals surface area (Å²) in [5.74, 6) is 0.706. The van der Waals surface area contributed by atoms with Gasteiger partial charge in [-0.25, -0.2) is 0 Å². The van der Waals surface area contributed by atoms with Crippen LogP contribution in [0.2, 0.25) is 0 Å². The smallest absolute Gasteiger partial charge is 0.0899 e. The van der Waals surface area contributed by atoms with Crippen molar-refractivity contribution in [3.8, 4) is 0 Å². The number of hydrogen-bond donors (Lipinski definition) is 2. The van der Waals surface area contributed by atoms with Gasteiger partial charge < -0.3 is 20.1 Å². The third-order valence-electron chi connectivity index (χ3n) is 3.96. The molecule has 2 N–H and O–H groups in total. The second kappa shape index (κ2) is 8.86. The number of nitrogens with zero attached hydrogens (tertiary/aromatic N) is 1. The number of nitrogens with one attached hydrogen (secondary N) is 1. The summed E-state index contributed by atoms with van der Waals surface area (Å²) in [5.41, 5.74) is 0. The summed E-state index contributed by atoms with van der Waals surface area (Å²) in [4.78, 5) is 2.24. The van der Waals surface area contributed by atoms with E-state index in [1.165, 1.54) is 32.1 Å². The summed E-state index contributed by atoms with van der Waals surface area (Å²) < 4.78 is 4.97. The molecule has 0 heterocycles. The second-order valence-electron chi connectivity index (χ2n) is 5.62. The van der Waals surface area contributed by atoms with E-state index in [9.17, 15) is 5.11 Å². The minimum atomic E-state index is -0.376. The Labute approximate surface area is 112 Å². The molecule has 3 atom stereocenters. The summed E-state index contributed by atoms with van der Waals surface area (Å²) >= 11 is 0. The quantitative estimate of drug-likeness (QED) is 0.671. The van der Waals surface area contributed by atoms with E-state index in [2.05, 4.69) is 24.3 Å². The number of hydrogen-bond acceptors (Lipinski definition) is 4. The largest absolute Gasteiger partial charge is 0.389 e. The zero-order valence-corrected chi connectivity index (χ0v) is 12.2. The molecule has 0 amide bonds. The van der Waals surface area contributed by atoms with Crippen LogP contribution in [0.25, 0.3) is 0 Å². The molecular formula is C14H30N2O2. The standard InChI is InChI=1S/C14H30N2O2/c1-15-14-8-6-4-5-7-12(14)9-16(2)10-13(17)11-18-3/h12-15,17H,4-11H2,1-3H3. The Morgan fingerprint density at radius 3 is 2.72 bits per heavy atom. The lowest BCUT2D eigenvalue weighted by Gasteiger charge is -2.30. The van der Waals surface area contributed by atoms with E-state index in [0.717, 1.165) is 6.54 Å². The van der Waals surface area contributed by atoms with E-state index in [4.69, 9.17) is 4.74 Å². The molecule has 1 fully saturated rings. The average Bonchev–Trinajstić information content (AvgIpc) is 2.54. The van der Waals surface area contributed by atoms with E-state index in [0.29, 0.717) is 25.1 Å². The van der Waals surface area contributed by atoms with Gasteiger partial charge in [0.25, 0.3) is 0 Å². The maximum Gasteiger partial charge on any atom is 0.0899 e. The summed E-state index contributed by atoms with van der Waals surface area (Å²) in [5, 5.41) is 13.2. The first-order chi connectivity index (χ1) is 8.67. The van der Waals surface area contributed by atoms with Crippen LogP contribution in [0.15, 0.2) is 0 Å². The fourth-order valence-corrected chi connectivity index (χ4v) is 3.06. The summed E-state index contributed by atoms with van der Waals surface area (Å²) in [7, 11) is 5.80. The SMILES string of the molecule is CNC1CCCCCC1CN(C)CC(O)COC.